The fourth-order valence-electron chi connectivity index (χ4n) is 5.24. The van der Waals surface area contributed by atoms with E-state index >= 15 is 0 Å². The summed E-state index contributed by atoms with van der Waals surface area (Å²) in [7, 11) is 0. The Morgan fingerprint density at radius 2 is 1.02 bits per heavy atom. The summed E-state index contributed by atoms with van der Waals surface area (Å²) in [6.07, 6.45) is 4.49. The molecule has 5 amide bonds. The van der Waals surface area contributed by atoms with Crippen LogP contribution in [0.1, 0.15) is 149 Å². The van der Waals surface area contributed by atoms with E-state index in [1.807, 2.05) is 83.1 Å². The highest BCUT2D eigenvalue weighted by Gasteiger charge is 2.33. The maximum absolute atomic E-state index is 12.8. The highest BCUT2D eigenvalue weighted by atomic mass is 19.1. The molecular formula is C43H78F2N6O5. The molecule has 324 valence electrons. The van der Waals surface area contributed by atoms with E-state index in [1.165, 1.54) is 19.8 Å². The minimum Gasteiger partial charge on any atom is -0.352 e. The summed E-state index contributed by atoms with van der Waals surface area (Å²) in [4.78, 5) is 57.2. The number of carbonyl (C=O) groups is 5. The van der Waals surface area contributed by atoms with Crippen molar-refractivity contribution in [1.29, 1.82) is 0 Å². The van der Waals surface area contributed by atoms with Gasteiger partial charge in [0.1, 0.15) is 11.6 Å². The fraction of sp³-hybridized carbons (Fsp3) is 0.744. The van der Waals surface area contributed by atoms with Crippen molar-refractivity contribution in [2.24, 2.45) is 23.0 Å². The zero-order valence-corrected chi connectivity index (χ0v) is 37.9. The fourth-order valence-corrected chi connectivity index (χ4v) is 5.24. The van der Waals surface area contributed by atoms with Crippen molar-refractivity contribution in [2.75, 3.05) is 19.6 Å². The van der Waals surface area contributed by atoms with Crippen LogP contribution < -0.4 is 27.0 Å². The lowest BCUT2D eigenvalue weighted by molar-refractivity contribution is -0.134. The van der Waals surface area contributed by atoms with Gasteiger partial charge in [0, 0.05) is 61.1 Å². The smallest absolute Gasteiger partial charge is 0.234 e. The summed E-state index contributed by atoms with van der Waals surface area (Å²) < 4.78 is 25.7. The van der Waals surface area contributed by atoms with E-state index in [1.54, 1.807) is 11.8 Å². The van der Waals surface area contributed by atoms with Crippen LogP contribution in [0.2, 0.25) is 0 Å². The SMILES string of the molecule is CC(=O)N1CCC(C(=O)NC(C)(C)C)CC1.CC(=O)NC(C)(C)C.CC(C)(C)C1CC1.CC(C)(C)NC(=O)CN.CC(C)(C)NC(=O)Cc1cc(F)cc(F)c1. The molecule has 13 heteroatoms. The van der Waals surface area contributed by atoms with Gasteiger partial charge < -0.3 is 31.9 Å². The minimum absolute atomic E-state index is 0.0219. The average molecular weight is 797 g/mol. The third-order valence-corrected chi connectivity index (χ3v) is 7.66. The Balaban J connectivity index is 0. The van der Waals surface area contributed by atoms with Gasteiger partial charge in [-0.2, -0.15) is 0 Å². The van der Waals surface area contributed by atoms with E-state index in [9.17, 15) is 32.8 Å². The second kappa shape index (κ2) is 23.6. The van der Waals surface area contributed by atoms with Gasteiger partial charge in [-0.1, -0.05) is 20.8 Å². The molecule has 1 saturated carbocycles. The average Bonchev–Trinajstić information content (AvgIpc) is 3.80. The number of nitrogens with zero attached hydrogens (tertiary/aromatic N) is 1. The molecule has 0 bridgehead atoms. The second-order valence-electron chi connectivity index (χ2n) is 19.8. The van der Waals surface area contributed by atoms with Crippen LogP contribution in [0.15, 0.2) is 18.2 Å². The zero-order valence-electron chi connectivity index (χ0n) is 37.9. The first-order valence-corrected chi connectivity index (χ1v) is 19.7. The third-order valence-electron chi connectivity index (χ3n) is 7.66. The summed E-state index contributed by atoms with van der Waals surface area (Å²) in [6, 6.07) is 3.10. The van der Waals surface area contributed by atoms with Crippen molar-refractivity contribution < 1.29 is 32.8 Å². The lowest BCUT2D eigenvalue weighted by Crippen LogP contribution is -2.47. The zero-order chi connectivity index (χ0) is 44.5. The first kappa shape index (κ1) is 54.5. The van der Waals surface area contributed by atoms with Gasteiger partial charge in [-0.15, -0.1) is 0 Å². The van der Waals surface area contributed by atoms with Crippen LogP contribution in [0.5, 0.6) is 0 Å². The normalized spacial score (nSPS) is 14.7. The van der Waals surface area contributed by atoms with E-state index in [-0.39, 0.29) is 70.6 Å². The molecule has 0 radical (unpaired) electrons. The molecule has 0 spiro atoms. The maximum Gasteiger partial charge on any atom is 0.234 e. The van der Waals surface area contributed by atoms with Crippen molar-refractivity contribution in [3.8, 4) is 0 Å². The first-order chi connectivity index (χ1) is 25.0. The molecule has 1 aromatic rings. The molecule has 3 rings (SSSR count). The second-order valence-corrected chi connectivity index (χ2v) is 19.8. The highest BCUT2D eigenvalue weighted by Crippen LogP contribution is 2.44. The van der Waals surface area contributed by atoms with Crippen LogP contribution in [0.25, 0.3) is 0 Å². The minimum atomic E-state index is -0.668. The van der Waals surface area contributed by atoms with Crippen LogP contribution in [0.4, 0.5) is 8.78 Å². The van der Waals surface area contributed by atoms with Gasteiger partial charge in [-0.25, -0.2) is 8.78 Å². The number of carbonyl (C=O) groups excluding carboxylic acids is 5. The molecule has 0 atom stereocenters. The molecule has 1 saturated heterocycles. The Hall–Kier alpha value is -3.61. The molecular weight excluding hydrogens is 719 g/mol. The highest BCUT2D eigenvalue weighted by molar-refractivity contribution is 5.80. The summed E-state index contributed by atoms with van der Waals surface area (Å²) in [5.74, 6) is -0.331. The molecule has 6 N–H and O–H groups in total. The molecule has 11 nitrogen and oxygen atoms in total. The third kappa shape index (κ3) is 32.6. The lowest BCUT2D eigenvalue weighted by Gasteiger charge is -2.32. The van der Waals surface area contributed by atoms with Crippen molar-refractivity contribution in [2.45, 2.75) is 172 Å². The number of benzene rings is 1. The number of hydrogen-bond donors (Lipinski definition) is 5. The Bertz CT molecular complexity index is 1370. The van der Waals surface area contributed by atoms with E-state index in [0.717, 1.165) is 37.0 Å². The van der Waals surface area contributed by atoms with Crippen LogP contribution in [0.3, 0.4) is 0 Å². The van der Waals surface area contributed by atoms with E-state index in [0.29, 0.717) is 24.1 Å². The Morgan fingerprint density at radius 3 is 1.27 bits per heavy atom. The van der Waals surface area contributed by atoms with Crippen LogP contribution in [-0.2, 0) is 30.4 Å². The summed E-state index contributed by atoms with van der Waals surface area (Å²) in [5, 5.41) is 11.2. The Labute approximate surface area is 337 Å². The maximum atomic E-state index is 12.8. The van der Waals surface area contributed by atoms with Gasteiger partial charge in [0.05, 0.1) is 13.0 Å². The summed E-state index contributed by atoms with van der Waals surface area (Å²) >= 11 is 0. The molecule has 0 unspecified atom stereocenters. The lowest BCUT2D eigenvalue weighted by atomic mass is 9.91. The van der Waals surface area contributed by atoms with E-state index in [2.05, 4.69) is 42.0 Å². The van der Waals surface area contributed by atoms with E-state index in [4.69, 9.17) is 5.73 Å². The number of nitrogens with one attached hydrogen (secondary N) is 4. The van der Waals surface area contributed by atoms with Crippen molar-refractivity contribution in [3.63, 3.8) is 0 Å². The summed E-state index contributed by atoms with van der Waals surface area (Å²) in [6.45, 7) is 34.6. The molecule has 1 aliphatic heterocycles. The Kier molecular flexibility index (Phi) is 22.9. The number of rotatable bonds is 4. The standard InChI is InChI=1S/C12H15F2NO.C12H22N2O2.C7H14.C6H14N2O.C6H13NO/c1-12(2,3)15-11(16)6-8-4-9(13)7-10(14)5-8;1-9(15)14-7-5-10(6-8-14)11(16)13-12(2,3)4;1-7(2,3)6-4-5-6;1-6(2,3)8-5(9)4-7;1-5(8)7-6(2,3)4/h4-5,7H,6H2,1-3H3,(H,15,16);10H,5-8H2,1-4H3,(H,13,16);6H,4-5H2,1-3H3;4,7H2,1-3H3,(H,8,9);1-4H3,(H,7,8). The van der Waals surface area contributed by atoms with Gasteiger partial charge in [0.25, 0.3) is 0 Å². The largest absolute Gasteiger partial charge is 0.352 e. The van der Waals surface area contributed by atoms with Gasteiger partial charge in [-0.3, -0.25) is 24.0 Å². The monoisotopic (exact) mass is 797 g/mol. The molecule has 56 heavy (non-hydrogen) atoms. The van der Waals surface area contributed by atoms with E-state index < -0.39 is 11.6 Å². The molecule has 1 aliphatic carbocycles. The predicted octanol–water partition coefficient (Wildman–Crippen LogP) is 6.80. The first-order valence-electron chi connectivity index (χ1n) is 19.7. The van der Waals surface area contributed by atoms with Crippen LogP contribution in [0, 0.1) is 28.9 Å². The molecule has 0 aromatic heterocycles. The van der Waals surface area contributed by atoms with Gasteiger partial charge >= 0.3 is 0 Å². The summed E-state index contributed by atoms with van der Waals surface area (Å²) in [5.41, 5.74) is 5.26. The number of piperidine rings is 1. The van der Waals surface area contributed by atoms with Crippen molar-refractivity contribution in [1.82, 2.24) is 26.2 Å². The number of halogens is 2. The van der Waals surface area contributed by atoms with Gasteiger partial charge in [0.15, 0.2) is 0 Å². The Morgan fingerprint density at radius 1 is 0.625 bits per heavy atom. The molecule has 2 aliphatic rings. The van der Waals surface area contributed by atoms with Crippen LogP contribution >= 0.6 is 0 Å². The van der Waals surface area contributed by atoms with Crippen molar-refractivity contribution >= 4 is 29.5 Å². The molecule has 1 aromatic carbocycles. The van der Waals surface area contributed by atoms with Crippen molar-refractivity contribution in [3.05, 3.63) is 35.4 Å². The predicted molar refractivity (Wildman–Crippen MR) is 224 cm³/mol. The number of amides is 5. The topological polar surface area (TPSA) is 163 Å². The van der Waals surface area contributed by atoms with Crippen LogP contribution in [-0.4, -0.2) is 76.2 Å². The quantitative estimate of drug-likeness (QED) is 0.225. The number of nitrogens with two attached hydrogens (primary N) is 1. The number of hydrogen-bond acceptors (Lipinski definition) is 6. The number of likely N-dealkylation sites (tertiary alicyclic amines) is 1. The molecule has 2 fully saturated rings. The van der Waals surface area contributed by atoms with Gasteiger partial charge in [0.2, 0.25) is 29.5 Å². The van der Waals surface area contributed by atoms with Gasteiger partial charge in [-0.05, 0) is 138 Å². The molecule has 1 heterocycles.